The van der Waals surface area contributed by atoms with E-state index in [0.717, 1.165) is 25.7 Å². The van der Waals surface area contributed by atoms with E-state index in [9.17, 15) is 9.59 Å². The summed E-state index contributed by atoms with van der Waals surface area (Å²) in [5.74, 6) is -1.38. The zero-order valence-electron chi connectivity index (χ0n) is 10.1. The Balaban J connectivity index is 2.10. The lowest BCUT2D eigenvalue weighted by Crippen LogP contribution is -2.37. The second kappa shape index (κ2) is 5.67. The summed E-state index contributed by atoms with van der Waals surface area (Å²) in [6.45, 7) is 0. The Morgan fingerprint density at radius 1 is 1.17 bits per heavy atom. The van der Waals surface area contributed by atoms with E-state index >= 15 is 0 Å². The monoisotopic (exact) mass is 246 g/mol. The van der Waals surface area contributed by atoms with Crippen molar-refractivity contribution in [2.75, 3.05) is 0 Å². The lowest BCUT2D eigenvalue weighted by molar-refractivity contribution is 0.0690. The van der Waals surface area contributed by atoms with Crippen LogP contribution in [0.4, 0.5) is 0 Å². The number of hydrogen-bond donors (Lipinski definition) is 2. The summed E-state index contributed by atoms with van der Waals surface area (Å²) in [4.78, 5) is 23.1. The van der Waals surface area contributed by atoms with Gasteiger partial charge < -0.3 is 10.4 Å². The predicted octanol–water partition coefficient (Wildman–Crippen LogP) is 2.26. The Bertz CT molecular complexity index is 450. The van der Waals surface area contributed by atoms with Gasteiger partial charge in [-0.25, -0.2) is 4.79 Å². The van der Waals surface area contributed by atoms with Gasteiger partial charge in [-0.1, -0.05) is 25.0 Å². The Labute approximate surface area is 106 Å². The number of carboxylic acids is 1. The molecule has 0 heterocycles. The Morgan fingerprint density at radius 2 is 1.89 bits per heavy atom. The molecule has 4 nitrogen and oxygen atoms in total. The molecule has 0 bridgehead atoms. The van der Waals surface area contributed by atoms with E-state index in [-0.39, 0.29) is 23.1 Å². The maximum absolute atomic E-state index is 12.0. The summed E-state index contributed by atoms with van der Waals surface area (Å²) < 4.78 is 0. The van der Waals surface area contributed by atoms with Gasteiger partial charge in [0.1, 0.15) is 0 Å². The average molecular weight is 246 g/mol. The third kappa shape index (κ3) is 2.88. The first-order valence-electron chi connectivity index (χ1n) is 6.15. The molecule has 1 atom stereocenters. The SMILES string of the molecule is O=C(O)c1ccccc1C(=O)NC1[CH]CCCC1. The predicted molar refractivity (Wildman–Crippen MR) is 67.4 cm³/mol. The van der Waals surface area contributed by atoms with E-state index in [1.54, 1.807) is 18.2 Å². The normalized spacial score (nSPS) is 16.2. The van der Waals surface area contributed by atoms with Crippen molar-refractivity contribution in [3.8, 4) is 0 Å². The lowest BCUT2D eigenvalue weighted by Gasteiger charge is -2.22. The molecular weight excluding hydrogens is 230 g/mol. The fourth-order valence-electron chi connectivity index (χ4n) is 2.19. The molecule has 1 saturated carbocycles. The molecule has 18 heavy (non-hydrogen) atoms. The van der Waals surface area contributed by atoms with Crippen molar-refractivity contribution < 1.29 is 14.7 Å². The van der Waals surface area contributed by atoms with Crippen LogP contribution in [0.25, 0.3) is 0 Å². The van der Waals surface area contributed by atoms with Crippen LogP contribution in [0.5, 0.6) is 0 Å². The van der Waals surface area contributed by atoms with Crippen LogP contribution in [-0.2, 0) is 0 Å². The van der Waals surface area contributed by atoms with Gasteiger partial charge in [0.15, 0.2) is 0 Å². The highest BCUT2D eigenvalue weighted by molar-refractivity contribution is 6.04. The molecule has 2 rings (SSSR count). The van der Waals surface area contributed by atoms with Gasteiger partial charge >= 0.3 is 5.97 Å². The van der Waals surface area contributed by atoms with E-state index in [1.807, 2.05) is 0 Å². The zero-order chi connectivity index (χ0) is 13.0. The zero-order valence-corrected chi connectivity index (χ0v) is 10.1. The number of aromatic carboxylic acids is 1. The molecule has 2 N–H and O–H groups in total. The number of benzene rings is 1. The van der Waals surface area contributed by atoms with Gasteiger partial charge in [0, 0.05) is 6.04 Å². The standard InChI is InChI=1S/C14H16NO3/c16-13(15-10-6-2-1-3-7-10)11-8-4-5-9-12(11)14(17)18/h4-6,8-10H,1-3,7H2,(H,15,16)(H,17,18). The second-order valence-electron chi connectivity index (χ2n) is 4.45. The Morgan fingerprint density at radius 3 is 2.50 bits per heavy atom. The molecule has 1 unspecified atom stereocenters. The quantitative estimate of drug-likeness (QED) is 0.859. The largest absolute Gasteiger partial charge is 0.478 e. The van der Waals surface area contributed by atoms with Gasteiger partial charge in [0.05, 0.1) is 11.1 Å². The molecule has 0 aliphatic heterocycles. The van der Waals surface area contributed by atoms with Crippen molar-refractivity contribution in [2.45, 2.75) is 31.7 Å². The molecule has 1 fully saturated rings. The van der Waals surface area contributed by atoms with E-state index < -0.39 is 5.97 Å². The fourth-order valence-corrected chi connectivity index (χ4v) is 2.19. The van der Waals surface area contributed by atoms with E-state index in [4.69, 9.17) is 5.11 Å². The van der Waals surface area contributed by atoms with Crippen LogP contribution in [-0.4, -0.2) is 23.0 Å². The van der Waals surface area contributed by atoms with E-state index in [0.29, 0.717) is 0 Å². The molecule has 1 aliphatic rings. The maximum atomic E-state index is 12.0. The molecule has 0 aromatic heterocycles. The topological polar surface area (TPSA) is 66.4 Å². The first-order valence-corrected chi connectivity index (χ1v) is 6.15. The molecule has 1 aromatic rings. The third-order valence-electron chi connectivity index (χ3n) is 3.14. The van der Waals surface area contributed by atoms with Crippen molar-refractivity contribution >= 4 is 11.9 Å². The molecule has 95 valence electrons. The molecule has 0 spiro atoms. The Hall–Kier alpha value is -1.84. The fraction of sp³-hybridized carbons (Fsp3) is 0.357. The van der Waals surface area contributed by atoms with Crippen LogP contribution in [0.2, 0.25) is 0 Å². The molecule has 0 saturated heterocycles. The van der Waals surface area contributed by atoms with Crippen LogP contribution < -0.4 is 5.32 Å². The second-order valence-corrected chi connectivity index (χ2v) is 4.45. The van der Waals surface area contributed by atoms with Crippen molar-refractivity contribution in [3.05, 3.63) is 41.8 Å². The molecule has 1 aromatic carbocycles. The minimum absolute atomic E-state index is 0.0470. The minimum Gasteiger partial charge on any atom is -0.478 e. The van der Waals surface area contributed by atoms with Gasteiger partial charge in [-0.05, 0) is 31.4 Å². The van der Waals surface area contributed by atoms with Crippen molar-refractivity contribution in [2.24, 2.45) is 0 Å². The number of nitrogens with one attached hydrogen (secondary N) is 1. The molecular formula is C14H16NO3. The first kappa shape index (κ1) is 12.6. The summed E-state index contributed by atoms with van der Waals surface area (Å²) in [5, 5.41) is 11.9. The lowest BCUT2D eigenvalue weighted by atomic mass is 9.95. The summed E-state index contributed by atoms with van der Waals surface area (Å²) in [7, 11) is 0. The third-order valence-corrected chi connectivity index (χ3v) is 3.14. The maximum Gasteiger partial charge on any atom is 0.336 e. The number of carbonyl (C=O) groups is 2. The van der Waals surface area contributed by atoms with Crippen molar-refractivity contribution in [3.63, 3.8) is 0 Å². The summed E-state index contributed by atoms with van der Waals surface area (Å²) in [6, 6.07) is 6.34. The summed E-state index contributed by atoms with van der Waals surface area (Å²) in [6.07, 6.45) is 6.29. The number of carbonyl (C=O) groups excluding carboxylic acids is 1. The van der Waals surface area contributed by atoms with Crippen LogP contribution in [0, 0.1) is 6.42 Å². The van der Waals surface area contributed by atoms with Crippen LogP contribution in [0.3, 0.4) is 0 Å². The van der Waals surface area contributed by atoms with Gasteiger partial charge in [-0.3, -0.25) is 4.79 Å². The molecule has 1 radical (unpaired) electrons. The van der Waals surface area contributed by atoms with Gasteiger partial charge in [0.2, 0.25) is 0 Å². The first-order chi connectivity index (χ1) is 8.68. The van der Waals surface area contributed by atoms with E-state index in [1.165, 1.54) is 6.07 Å². The number of amides is 1. The highest BCUT2D eigenvalue weighted by Crippen LogP contribution is 2.17. The van der Waals surface area contributed by atoms with Gasteiger partial charge in [-0.15, -0.1) is 0 Å². The van der Waals surface area contributed by atoms with Crippen LogP contribution >= 0.6 is 0 Å². The highest BCUT2D eigenvalue weighted by Gasteiger charge is 2.20. The van der Waals surface area contributed by atoms with E-state index in [2.05, 4.69) is 11.7 Å². The number of hydrogen-bond acceptors (Lipinski definition) is 2. The molecule has 1 aliphatic carbocycles. The minimum atomic E-state index is -1.08. The molecule has 1 amide bonds. The number of rotatable bonds is 3. The molecule has 4 heteroatoms. The summed E-state index contributed by atoms with van der Waals surface area (Å²) >= 11 is 0. The van der Waals surface area contributed by atoms with Crippen LogP contribution in [0.1, 0.15) is 46.4 Å². The van der Waals surface area contributed by atoms with Crippen molar-refractivity contribution in [1.82, 2.24) is 5.32 Å². The Kier molecular flexibility index (Phi) is 3.97. The summed E-state index contributed by atoms with van der Waals surface area (Å²) in [5.41, 5.74) is 0.273. The smallest absolute Gasteiger partial charge is 0.336 e. The van der Waals surface area contributed by atoms with Gasteiger partial charge in [0.25, 0.3) is 5.91 Å². The van der Waals surface area contributed by atoms with Gasteiger partial charge in [-0.2, -0.15) is 0 Å². The number of carboxylic acid groups (broad SMARTS) is 1. The van der Waals surface area contributed by atoms with Crippen LogP contribution in [0.15, 0.2) is 24.3 Å². The van der Waals surface area contributed by atoms with Crippen molar-refractivity contribution in [1.29, 1.82) is 0 Å². The average Bonchev–Trinajstić information content (AvgIpc) is 2.40. The highest BCUT2D eigenvalue weighted by atomic mass is 16.4.